The van der Waals surface area contributed by atoms with E-state index in [4.69, 9.17) is 10.8 Å². The Morgan fingerprint density at radius 3 is 2.00 bits per heavy atom. The summed E-state index contributed by atoms with van der Waals surface area (Å²) in [6.07, 6.45) is 5.27. The monoisotopic (exact) mass is 488 g/mol. The molecule has 0 unspecified atom stereocenters. The third-order valence-electron chi connectivity index (χ3n) is 7.32. The Labute approximate surface area is 219 Å². The fourth-order valence-corrected chi connectivity index (χ4v) is 5.59. The first-order chi connectivity index (χ1) is 18.7. The Morgan fingerprint density at radius 1 is 0.579 bits per heavy atom. The molecule has 38 heavy (non-hydrogen) atoms. The van der Waals surface area contributed by atoms with Crippen molar-refractivity contribution in [2.24, 2.45) is 0 Å². The van der Waals surface area contributed by atoms with Crippen LogP contribution in [0.15, 0.2) is 128 Å². The lowest BCUT2D eigenvalue weighted by Gasteiger charge is -2.12. The van der Waals surface area contributed by atoms with E-state index in [0.717, 1.165) is 49.3 Å². The Bertz CT molecular complexity index is 2040. The van der Waals surface area contributed by atoms with Gasteiger partial charge in [0.05, 0.1) is 28.0 Å². The summed E-state index contributed by atoms with van der Waals surface area (Å²) < 4.78 is 4.36. The van der Waals surface area contributed by atoms with E-state index < -0.39 is 0 Å². The smallest absolute Gasteiger partial charge is 0.0659 e. The first kappa shape index (κ1) is 22.0. The number of aromatic nitrogens is 2. The maximum Gasteiger partial charge on any atom is 0.0659 e. The summed E-state index contributed by atoms with van der Waals surface area (Å²) >= 11 is 0. The van der Waals surface area contributed by atoms with Gasteiger partial charge in [0, 0.05) is 39.6 Å². The van der Waals surface area contributed by atoms with Gasteiger partial charge in [-0.1, -0.05) is 84.9 Å². The van der Waals surface area contributed by atoms with E-state index in [2.05, 4.69) is 88.1 Å². The van der Waals surface area contributed by atoms with E-state index in [-0.39, 0.29) is 0 Å². The zero-order valence-corrected chi connectivity index (χ0v) is 20.6. The molecule has 0 bridgehead atoms. The van der Waals surface area contributed by atoms with Crippen molar-refractivity contribution in [1.29, 1.82) is 10.8 Å². The van der Waals surface area contributed by atoms with Crippen LogP contribution in [-0.2, 0) is 0 Å². The Balaban J connectivity index is 1.53. The molecule has 0 saturated heterocycles. The zero-order valence-electron chi connectivity index (χ0n) is 20.6. The van der Waals surface area contributed by atoms with Gasteiger partial charge >= 0.3 is 0 Å². The number of rotatable bonds is 5. The van der Waals surface area contributed by atoms with E-state index in [0.29, 0.717) is 11.4 Å². The molecule has 7 rings (SSSR count). The molecule has 2 aromatic heterocycles. The topological polar surface area (TPSA) is 57.6 Å². The number of benzene rings is 5. The largest absolute Gasteiger partial charge is 0.317 e. The summed E-state index contributed by atoms with van der Waals surface area (Å²) in [4.78, 5) is 0. The van der Waals surface area contributed by atoms with Gasteiger partial charge in [-0.2, -0.15) is 0 Å². The van der Waals surface area contributed by atoms with Gasteiger partial charge in [-0.15, -0.1) is 0 Å². The second-order valence-corrected chi connectivity index (χ2v) is 9.42. The molecule has 0 spiro atoms. The van der Waals surface area contributed by atoms with Gasteiger partial charge in [-0.25, -0.2) is 0 Å². The fraction of sp³-hybridized carbons (Fsp3) is 0. The first-order valence-corrected chi connectivity index (χ1v) is 12.6. The van der Waals surface area contributed by atoms with Crippen molar-refractivity contribution in [3.05, 3.63) is 133 Å². The predicted molar refractivity (Wildman–Crippen MR) is 160 cm³/mol. The van der Waals surface area contributed by atoms with Crippen molar-refractivity contribution in [1.82, 2.24) is 9.13 Å². The molecule has 4 heteroatoms. The van der Waals surface area contributed by atoms with Gasteiger partial charge in [0.15, 0.2) is 0 Å². The lowest BCUT2D eigenvalue weighted by molar-refractivity contribution is 1.13. The minimum atomic E-state index is 0.373. The van der Waals surface area contributed by atoms with Gasteiger partial charge in [0.2, 0.25) is 0 Å². The molecule has 5 aromatic carbocycles. The van der Waals surface area contributed by atoms with Crippen molar-refractivity contribution >= 4 is 61.1 Å². The molecular formula is C34H24N4. The van der Waals surface area contributed by atoms with Crippen molar-refractivity contribution in [2.45, 2.75) is 0 Å². The van der Waals surface area contributed by atoms with E-state index in [9.17, 15) is 0 Å². The molecule has 0 aliphatic rings. The molecule has 0 saturated carbocycles. The minimum Gasteiger partial charge on any atom is -0.317 e. The summed E-state index contributed by atoms with van der Waals surface area (Å²) in [5, 5.41) is 22.8. The summed E-state index contributed by atoms with van der Waals surface area (Å²) in [7, 11) is 0. The number of fused-ring (bicyclic) bond motifs is 7. The van der Waals surface area contributed by atoms with Crippen molar-refractivity contribution < 1.29 is 0 Å². The van der Waals surface area contributed by atoms with E-state index >= 15 is 0 Å². The SMILES string of the molecule is N=C/C(=C\C(=N)c1ccccc1)n1c2ccccc2c2ccc3c4ccn(-c5ccccc5)c4ccc3c21. The highest BCUT2D eigenvalue weighted by Crippen LogP contribution is 2.39. The molecule has 0 radical (unpaired) electrons. The third-order valence-corrected chi connectivity index (χ3v) is 7.32. The van der Waals surface area contributed by atoms with Gasteiger partial charge < -0.3 is 20.0 Å². The molecule has 0 fully saturated rings. The van der Waals surface area contributed by atoms with Crippen LogP contribution in [0.2, 0.25) is 0 Å². The van der Waals surface area contributed by atoms with Crippen LogP contribution in [0.25, 0.3) is 54.9 Å². The lowest BCUT2D eigenvalue weighted by atomic mass is 10.0. The molecule has 7 aromatic rings. The van der Waals surface area contributed by atoms with Crippen LogP contribution in [0.1, 0.15) is 5.56 Å². The van der Waals surface area contributed by atoms with Crippen molar-refractivity contribution in [3.8, 4) is 5.69 Å². The Morgan fingerprint density at radius 2 is 1.21 bits per heavy atom. The highest BCUT2D eigenvalue weighted by molar-refractivity contribution is 6.26. The average Bonchev–Trinajstić information content (AvgIpc) is 3.56. The van der Waals surface area contributed by atoms with Gasteiger partial charge in [0.25, 0.3) is 0 Å². The average molecular weight is 489 g/mol. The maximum absolute atomic E-state index is 8.74. The summed E-state index contributed by atoms with van der Waals surface area (Å²) in [6.45, 7) is 0. The molecule has 0 aliphatic heterocycles. The zero-order chi connectivity index (χ0) is 25.6. The summed E-state index contributed by atoms with van der Waals surface area (Å²) in [6, 6.07) is 39.3. The van der Waals surface area contributed by atoms with Gasteiger partial charge in [-0.05, 0) is 47.4 Å². The molecule has 0 amide bonds. The van der Waals surface area contributed by atoms with Crippen LogP contribution in [0, 0.1) is 10.8 Å². The van der Waals surface area contributed by atoms with Crippen molar-refractivity contribution in [3.63, 3.8) is 0 Å². The third kappa shape index (κ3) is 3.31. The standard InChI is InChI=1S/C34H24N4/c35-22-25(21-31(36)23-9-3-1-4-10-23)38-33-14-8-7-13-27(33)30-16-15-26-28-19-20-37(24-11-5-2-6-12-24)32(28)18-17-29(26)34(30)38/h1-22,35-36H/b25-21+,35-22?,36-31?. The Kier molecular flexibility index (Phi) is 5.05. The minimum absolute atomic E-state index is 0.373. The second kappa shape index (κ2) is 8.71. The van der Waals surface area contributed by atoms with E-state index in [1.807, 2.05) is 42.5 Å². The van der Waals surface area contributed by atoms with E-state index in [1.54, 1.807) is 6.08 Å². The highest BCUT2D eigenvalue weighted by Gasteiger charge is 2.17. The number of allylic oxidation sites excluding steroid dienone is 2. The number of hydrogen-bond acceptors (Lipinski definition) is 2. The Hall–Kier alpha value is -5.22. The van der Waals surface area contributed by atoms with Gasteiger partial charge in [0.1, 0.15) is 0 Å². The van der Waals surface area contributed by atoms with Crippen LogP contribution in [0.3, 0.4) is 0 Å². The molecule has 2 N–H and O–H groups in total. The normalized spacial score (nSPS) is 12.1. The number of para-hydroxylation sites is 2. The molecule has 0 atom stereocenters. The van der Waals surface area contributed by atoms with Crippen LogP contribution in [0.5, 0.6) is 0 Å². The molecule has 0 aliphatic carbocycles. The van der Waals surface area contributed by atoms with Crippen LogP contribution < -0.4 is 0 Å². The quantitative estimate of drug-likeness (QED) is 0.228. The number of hydrogen-bond donors (Lipinski definition) is 2. The number of nitrogens with one attached hydrogen (secondary N) is 2. The van der Waals surface area contributed by atoms with Gasteiger partial charge in [-0.3, -0.25) is 0 Å². The second-order valence-electron chi connectivity index (χ2n) is 9.42. The van der Waals surface area contributed by atoms with Crippen LogP contribution >= 0.6 is 0 Å². The highest BCUT2D eigenvalue weighted by atomic mass is 15.0. The molecular weight excluding hydrogens is 464 g/mol. The lowest BCUT2D eigenvalue weighted by Crippen LogP contribution is -2.03. The number of nitrogens with zero attached hydrogens (tertiary/aromatic N) is 2. The maximum atomic E-state index is 8.74. The van der Waals surface area contributed by atoms with Crippen LogP contribution in [-0.4, -0.2) is 21.1 Å². The predicted octanol–water partition coefficient (Wildman–Crippen LogP) is 8.45. The fourth-order valence-electron chi connectivity index (χ4n) is 5.59. The molecule has 4 nitrogen and oxygen atoms in total. The van der Waals surface area contributed by atoms with Crippen LogP contribution in [0.4, 0.5) is 0 Å². The summed E-state index contributed by atoms with van der Waals surface area (Å²) in [5.41, 5.74) is 6.20. The summed E-state index contributed by atoms with van der Waals surface area (Å²) in [5.74, 6) is 0. The molecule has 180 valence electrons. The first-order valence-electron chi connectivity index (χ1n) is 12.6. The molecule has 2 heterocycles. The van der Waals surface area contributed by atoms with E-state index in [1.165, 1.54) is 11.6 Å². The van der Waals surface area contributed by atoms with Crippen molar-refractivity contribution in [2.75, 3.05) is 0 Å².